The van der Waals surface area contributed by atoms with Gasteiger partial charge in [-0.25, -0.2) is 9.55 Å². The molecule has 0 saturated carbocycles. The molecule has 22 heteroatoms. The molecule has 5 aromatic rings. The van der Waals surface area contributed by atoms with E-state index in [9.17, 15) is 29.0 Å². The van der Waals surface area contributed by atoms with Crippen molar-refractivity contribution in [3.05, 3.63) is 83.2 Å². The van der Waals surface area contributed by atoms with E-state index in [1.54, 1.807) is 35.0 Å². The van der Waals surface area contributed by atoms with Crippen molar-refractivity contribution in [3.8, 4) is 33.3 Å². The van der Waals surface area contributed by atoms with E-state index in [4.69, 9.17) is 13.8 Å². The average molecular weight is 1110 g/mol. The molecule has 2 aromatic carbocycles. The highest BCUT2D eigenvalue weighted by Crippen LogP contribution is 2.44. The predicted molar refractivity (Wildman–Crippen MR) is 273 cm³/mol. The van der Waals surface area contributed by atoms with Crippen molar-refractivity contribution in [1.29, 1.82) is 0 Å². The highest BCUT2D eigenvalue weighted by atomic mass is 127. The molecule has 0 aliphatic carbocycles. The number of phosphoric ester groups is 1. The number of para-hydroxylation sites is 1. The van der Waals surface area contributed by atoms with Crippen LogP contribution in [0.3, 0.4) is 0 Å². The third-order valence-electron chi connectivity index (χ3n) is 14.2. The summed E-state index contributed by atoms with van der Waals surface area (Å²) in [5, 5.41) is 26.8. The predicted octanol–water partition coefficient (Wildman–Crippen LogP) is 6.56. The van der Waals surface area contributed by atoms with Gasteiger partial charge in [0.15, 0.2) is 11.6 Å². The van der Waals surface area contributed by atoms with Gasteiger partial charge in [0.25, 0.3) is 5.88 Å². The number of aromatic nitrogens is 4. The van der Waals surface area contributed by atoms with Gasteiger partial charge in [-0.05, 0) is 87.1 Å². The Hall–Kier alpha value is -4.74. The minimum absolute atomic E-state index is 0.103. The number of phenolic OH excluding ortho intramolecular Hbond substituents is 1. The van der Waals surface area contributed by atoms with Gasteiger partial charge in [0.05, 0.1) is 74.6 Å². The molecule has 0 spiro atoms. The Balaban J connectivity index is 0.779. The van der Waals surface area contributed by atoms with Crippen molar-refractivity contribution in [2.24, 2.45) is 5.92 Å². The van der Waals surface area contributed by atoms with Crippen molar-refractivity contribution >= 4 is 65.3 Å². The molecule has 6 atom stereocenters. The summed E-state index contributed by atoms with van der Waals surface area (Å²) in [6.07, 6.45) is 0.901. The van der Waals surface area contributed by atoms with E-state index in [0.717, 1.165) is 78.8 Å². The molecule has 4 aliphatic rings. The quantitative estimate of drug-likeness (QED) is 0.0495. The number of carbonyl (C=O) groups excluding carboxylic acids is 2. The van der Waals surface area contributed by atoms with Gasteiger partial charge in [-0.3, -0.25) is 27.0 Å². The topological polar surface area (TPSA) is 223 Å². The molecule has 0 unspecified atom stereocenters. The fourth-order valence-electron chi connectivity index (χ4n) is 10.4. The number of aromatic hydroxyl groups is 1. The summed E-state index contributed by atoms with van der Waals surface area (Å²) in [6, 6.07) is 18.2. The maximum absolute atomic E-state index is 14.5. The van der Waals surface area contributed by atoms with Crippen molar-refractivity contribution in [2.45, 2.75) is 96.1 Å². The first-order valence-electron chi connectivity index (χ1n) is 23.8. The Labute approximate surface area is 425 Å². The number of phenols is 1. The number of fused-ring (bicyclic) bond motifs is 3. The van der Waals surface area contributed by atoms with Crippen molar-refractivity contribution in [1.82, 2.24) is 40.4 Å². The van der Waals surface area contributed by atoms with Gasteiger partial charge >= 0.3 is 7.82 Å². The third-order valence-corrected chi connectivity index (χ3v) is 17.1. The number of benzene rings is 2. The lowest BCUT2D eigenvalue weighted by Gasteiger charge is -2.52. The highest BCUT2D eigenvalue weighted by Gasteiger charge is 2.46. The maximum Gasteiger partial charge on any atom is 0.469 e. The van der Waals surface area contributed by atoms with Gasteiger partial charge in [-0.15, -0.1) is 21.5 Å². The number of ether oxygens (including phenoxy) is 1. The zero-order chi connectivity index (χ0) is 49.4. The Kier molecular flexibility index (Phi) is 15.2. The van der Waals surface area contributed by atoms with Crippen LogP contribution in [-0.2, 0) is 18.7 Å². The second kappa shape index (κ2) is 21.2. The van der Waals surface area contributed by atoms with E-state index in [1.165, 1.54) is 4.90 Å². The molecule has 4 N–H and O–H groups in total. The minimum Gasteiger partial charge on any atom is -0.507 e. The van der Waals surface area contributed by atoms with Crippen LogP contribution < -0.4 is 18.1 Å². The fourth-order valence-corrected chi connectivity index (χ4v) is 12.5. The van der Waals surface area contributed by atoms with Crippen LogP contribution in [0.25, 0.3) is 21.7 Å². The van der Waals surface area contributed by atoms with E-state index < -0.39 is 43.7 Å². The summed E-state index contributed by atoms with van der Waals surface area (Å²) in [6.45, 7) is 15.2. The average Bonchev–Trinajstić information content (AvgIpc) is 4.10. The molecular formula is C48H60IN10O9PS. The number of nitrogens with zero attached hydrogens (tertiary/aromatic N) is 9. The van der Waals surface area contributed by atoms with Crippen LogP contribution in [0, 0.1) is 12.8 Å². The van der Waals surface area contributed by atoms with E-state index in [-0.39, 0.29) is 48.4 Å². The van der Waals surface area contributed by atoms with Crippen molar-refractivity contribution in [3.63, 3.8) is 0 Å². The molecule has 19 nitrogen and oxygen atoms in total. The number of hydrogen-bond donors (Lipinski definition) is 4. The number of likely N-dealkylation sites (tertiary alicyclic amines) is 2. The van der Waals surface area contributed by atoms with Crippen molar-refractivity contribution in [2.75, 3.05) is 60.4 Å². The molecular weight excluding hydrogens is 1050 g/mol. The molecule has 3 saturated heterocycles. The number of anilines is 2. The first-order valence-corrected chi connectivity index (χ1v) is 27.2. The van der Waals surface area contributed by atoms with Gasteiger partial charge in [0.1, 0.15) is 24.3 Å². The summed E-state index contributed by atoms with van der Waals surface area (Å²) in [4.78, 5) is 62.0. The number of halogens is 1. The molecule has 0 bridgehead atoms. The normalized spacial score (nSPS) is 22.2. The highest BCUT2D eigenvalue weighted by molar-refractivity contribution is 14.1. The Bertz CT molecular complexity index is 2700. The number of nitrogens with one attached hydrogen (secondary N) is 1. The second-order valence-corrected chi connectivity index (χ2v) is 22.1. The van der Waals surface area contributed by atoms with Crippen LogP contribution in [-0.4, -0.2) is 144 Å². The zero-order valence-corrected chi connectivity index (χ0v) is 43.7. The van der Waals surface area contributed by atoms with Crippen LogP contribution in [0.4, 0.5) is 11.5 Å². The monoisotopic (exact) mass is 1110 g/mol. The van der Waals surface area contributed by atoms with Crippen LogP contribution in [0.1, 0.15) is 75.9 Å². The largest absolute Gasteiger partial charge is 0.507 e. The smallest absolute Gasteiger partial charge is 0.469 e. The molecule has 2 amide bonds. The molecule has 374 valence electrons. The molecule has 7 heterocycles. The van der Waals surface area contributed by atoms with Crippen LogP contribution >= 0.6 is 42.0 Å². The van der Waals surface area contributed by atoms with E-state index >= 15 is 0 Å². The van der Waals surface area contributed by atoms with Crippen molar-refractivity contribution < 1.29 is 42.8 Å². The molecule has 0 radical (unpaired) electrons. The third kappa shape index (κ3) is 10.9. The van der Waals surface area contributed by atoms with E-state index in [0.29, 0.717) is 30.5 Å². The summed E-state index contributed by atoms with van der Waals surface area (Å²) in [5.74, 6) is -0.529. The van der Waals surface area contributed by atoms with E-state index in [2.05, 4.69) is 79.3 Å². The molecule has 70 heavy (non-hydrogen) atoms. The number of aryl methyl sites for hydroxylation is 1. The van der Waals surface area contributed by atoms with Gasteiger partial charge in [-0.1, -0.05) is 50.2 Å². The first-order chi connectivity index (χ1) is 33.5. The molecule has 9 rings (SSSR count). The van der Waals surface area contributed by atoms with Gasteiger partial charge < -0.3 is 39.3 Å². The minimum atomic E-state index is -4.93. The summed E-state index contributed by atoms with van der Waals surface area (Å²) < 4.78 is 31.0. The molecule has 4 aliphatic heterocycles. The number of piperazine rings is 1. The standard InChI is InChI=1S/C48H60IN10O9PS/c1-28(2)44(48(62)58-25-35(68-69(63,64)65)22-39(58)47(61)51-29(3)32-10-12-33(13-11-32)45-30(4)50-27-70-45)42-24-43(54-67-42)66-21-20-55-16-14-34(15-17-55)56-18-19-57-38-23-37(36-8-6-7-9-41(36)60)52-53-46(38)59(49)31(5)40(57)26-56/h6-13,23-24,27-29,31,34-35,39-40,44,60H,14-22,25-26H2,1-5H3,(H,51,61)(H2,63,64,65)/t29-,31-,35+,39-,40-,44+/m0/s1. The van der Waals surface area contributed by atoms with Gasteiger partial charge in [0, 0.05) is 56.8 Å². The number of amides is 2. The Morgan fingerprint density at radius 1 is 1.01 bits per heavy atom. The SMILES string of the molecule is Cc1ncsc1-c1ccc([C@H](C)NC(=O)[C@@H]2C[C@@H](OP(=O)(O)O)CN2C(=O)[C@@H](c2cc(OCCN3CCC(N4CCN5c6cc(-c7ccccc7O)nnc6N(I)[C@@H](C)[C@@H]5C4)CC3)no2)C(C)C)cc1. The van der Waals surface area contributed by atoms with Crippen LogP contribution in [0.5, 0.6) is 11.6 Å². The van der Waals surface area contributed by atoms with Crippen LogP contribution in [0.15, 0.2) is 70.7 Å². The number of carbonyl (C=O) groups is 2. The molecule has 3 aromatic heterocycles. The molecule has 3 fully saturated rings. The summed E-state index contributed by atoms with van der Waals surface area (Å²) in [5.41, 5.74) is 6.97. The lowest BCUT2D eigenvalue weighted by molar-refractivity contribution is -0.141. The number of hydrogen-bond acceptors (Lipinski definition) is 16. The maximum atomic E-state index is 14.5. The summed E-state index contributed by atoms with van der Waals surface area (Å²) >= 11 is 3.91. The number of rotatable bonds is 15. The number of phosphoric acid groups is 1. The second-order valence-electron chi connectivity index (χ2n) is 19.1. The lowest BCUT2D eigenvalue weighted by atomic mass is 9.91. The lowest BCUT2D eigenvalue weighted by Crippen LogP contribution is -2.64. The number of thiazole rings is 1. The first kappa shape index (κ1) is 50.2. The Morgan fingerprint density at radius 2 is 1.77 bits per heavy atom. The fraction of sp³-hybridized carbons (Fsp3) is 0.500. The van der Waals surface area contributed by atoms with Gasteiger partial charge in [0.2, 0.25) is 11.8 Å². The van der Waals surface area contributed by atoms with Crippen LogP contribution in [0.2, 0.25) is 0 Å². The Morgan fingerprint density at radius 3 is 2.47 bits per heavy atom. The number of piperidine rings is 1. The van der Waals surface area contributed by atoms with E-state index in [1.807, 2.05) is 64.1 Å². The van der Waals surface area contributed by atoms with Gasteiger partial charge in [-0.2, -0.15) is 0 Å². The summed E-state index contributed by atoms with van der Waals surface area (Å²) in [7, 11) is -4.93. The zero-order valence-electron chi connectivity index (χ0n) is 39.8.